The molecule has 3 rings (SSSR count). The lowest BCUT2D eigenvalue weighted by atomic mass is 9.86. The van der Waals surface area contributed by atoms with Gasteiger partial charge >= 0.3 is 0 Å². The van der Waals surface area contributed by atoms with Gasteiger partial charge in [-0.25, -0.2) is 0 Å². The van der Waals surface area contributed by atoms with E-state index in [1.54, 1.807) is 6.08 Å². The summed E-state index contributed by atoms with van der Waals surface area (Å²) in [5, 5.41) is 13.1. The van der Waals surface area contributed by atoms with Gasteiger partial charge in [0, 0.05) is 12.5 Å². The first-order valence-corrected chi connectivity index (χ1v) is 11.2. The number of ether oxygens (including phenoxy) is 2. The zero-order chi connectivity index (χ0) is 21.9. The van der Waals surface area contributed by atoms with Crippen molar-refractivity contribution in [1.82, 2.24) is 5.32 Å². The summed E-state index contributed by atoms with van der Waals surface area (Å²) in [6.45, 7) is 6.37. The van der Waals surface area contributed by atoms with Gasteiger partial charge in [0.25, 0.3) is 0 Å². The fourth-order valence-corrected chi connectivity index (χ4v) is 4.60. The molecule has 1 spiro atoms. The summed E-state index contributed by atoms with van der Waals surface area (Å²) in [6.07, 6.45) is 11.1. The van der Waals surface area contributed by atoms with Gasteiger partial charge in [0.05, 0.1) is 11.1 Å². The molecule has 2 saturated heterocycles. The normalized spacial score (nSPS) is 34.2. The van der Waals surface area contributed by atoms with Crippen molar-refractivity contribution in [3.05, 3.63) is 34.9 Å². The summed E-state index contributed by atoms with van der Waals surface area (Å²) >= 11 is 6.00. The predicted molar refractivity (Wildman–Crippen MR) is 115 cm³/mol. The first-order chi connectivity index (χ1) is 14.3. The van der Waals surface area contributed by atoms with Crippen LogP contribution in [-0.4, -0.2) is 46.9 Å². The van der Waals surface area contributed by atoms with Crippen LogP contribution in [0.1, 0.15) is 59.3 Å². The summed E-state index contributed by atoms with van der Waals surface area (Å²) in [7, 11) is 0. The topological polar surface area (TPSA) is 88.2 Å². The molecule has 1 aliphatic carbocycles. The monoisotopic (exact) mass is 437 g/mol. The summed E-state index contributed by atoms with van der Waals surface area (Å²) in [4.78, 5) is 24.2. The average Bonchev–Trinajstić information content (AvgIpc) is 3.44. The third-order valence-corrected chi connectivity index (χ3v) is 6.24. The van der Waals surface area contributed by atoms with E-state index in [2.05, 4.69) is 25.2 Å². The Morgan fingerprint density at radius 1 is 1.40 bits per heavy atom. The third kappa shape index (κ3) is 5.41. The molecule has 2 heterocycles. The molecular weight excluding hydrogens is 406 g/mol. The first-order valence-electron chi connectivity index (χ1n) is 10.9. The van der Waals surface area contributed by atoms with E-state index in [-0.39, 0.29) is 16.7 Å². The number of allylic oxidation sites excluding steroid dienone is 3. The number of unbranched alkanes of at least 4 members (excludes halogenated alkanes) is 3. The SMILES string of the molecule is CCCCCCC(C)/C=C(C)/C=C/C(=O)NC1C[C@]2(C=C(Cl)C(=O)[C@@H]3O[C@@H]32)O[C@H]1O. The van der Waals surface area contributed by atoms with Gasteiger partial charge in [-0.3, -0.25) is 9.59 Å². The molecule has 0 bridgehead atoms. The highest BCUT2D eigenvalue weighted by Crippen LogP contribution is 2.49. The van der Waals surface area contributed by atoms with Crippen molar-refractivity contribution in [2.45, 2.75) is 89.4 Å². The van der Waals surface area contributed by atoms with E-state index in [4.69, 9.17) is 21.1 Å². The lowest BCUT2D eigenvalue weighted by Gasteiger charge is -2.25. The zero-order valence-electron chi connectivity index (χ0n) is 17.9. The Morgan fingerprint density at radius 3 is 2.90 bits per heavy atom. The van der Waals surface area contributed by atoms with Crippen molar-refractivity contribution in [3.8, 4) is 0 Å². The van der Waals surface area contributed by atoms with Gasteiger partial charge < -0.3 is 19.9 Å². The number of amides is 1. The molecule has 7 heteroatoms. The van der Waals surface area contributed by atoms with Crippen LogP contribution < -0.4 is 5.32 Å². The number of aliphatic hydroxyl groups is 1. The molecule has 2 aliphatic heterocycles. The van der Waals surface area contributed by atoms with E-state index in [1.807, 2.05) is 6.92 Å². The Labute approximate surface area is 183 Å². The second-order valence-corrected chi connectivity index (χ2v) is 9.09. The van der Waals surface area contributed by atoms with Gasteiger partial charge in [-0.1, -0.05) is 68.9 Å². The third-order valence-electron chi connectivity index (χ3n) is 5.95. The van der Waals surface area contributed by atoms with Gasteiger partial charge in [0.2, 0.25) is 11.7 Å². The summed E-state index contributed by atoms with van der Waals surface area (Å²) in [5.74, 6) is -0.0996. The van der Waals surface area contributed by atoms with E-state index in [9.17, 15) is 14.7 Å². The standard InChI is InChI=1S/C23H32ClNO5/c1-4-5-6-7-8-14(2)11-15(3)9-10-18(26)25-17-13-23(30-22(17)28)12-16(24)19(27)20-21(23)29-20/h9-12,14,17,20-22,28H,4-8,13H2,1-3H3,(H,25,26)/b10-9+,15-11+/t14?,17?,20-,21-,22+,23-/m0/s1. The van der Waals surface area contributed by atoms with Gasteiger partial charge in [0.1, 0.15) is 11.7 Å². The fraction of sp³-hybridized carbons (Fsp3) is 0.652. The number of Topliss-reactive ketones (excluding diaryl/α,β-unsaturated/α-hetero) is 1. The van der Waals surface area contributed by atoms with E-state index < -0.39 is 30.1 Å². The highest BCUT2D eigenvalue weighted by atomic mass is 35.5. The van der Waals surface area contributed by atoms with Crippen LogP contribution in [0.15, 0.2) is 34.9 Å². The number of fused-ring (bicyclic) bond motifs is 2. The van der Waals surface area contributed by atoms with E-state index >= 15 is 0 Å². The van der Waals surface area contributed by atoms with Crippen LogP contribution in [0.25, 0.3) is 0 Å². The van der Waals surface area contributed by atoms with Crippen LogP contribution in [0, 0.1) is 5.92 Å². The van der Waals surface area contributed by atoms with E-state index in [0.717, 1.165) is 12.0 Å². The maximum absolute atomic E-state index is 12.3. The minimum Gasteiger partial charge on any atom is -0.366 e. The molecule has 0 aromatic carbocycles. The number of carbonyl (C=O) groups is 2. The van der Waals surface area contributed by atoms with Crippen molar-refractivity contribution in [3.63, 3.8) is 0 Å². The Balaban J connectivity index is 1.50. The fourth-order valence-electron chi connectivity index (χ4n) is 4.30. The highest BCUT2D eigenvalue weighted by molar-refractivity contribution is 6.43. The number of hydrogen-bond acceptors (Lipinski definition) is 5. The second-order valence-electron chi connectivity index (χ2n) is 8.69. The van der Waals surface area contributed by atoms with Crippen molar-refractivity contribution >= 4 is 23.3 Å². The largest absolute Gasteiger partial charge is 0.366 e. The van der Waals surface area contributed by atoms with Crippen molar-refractivity contribution < 1.29 is 24.2 Å². The first kappa shape index (κ1) is 23.2. The Kier molecular flexibility index (Phi) is 7.56. The summed E-state index contributed by atoms with van der Waals surface area (Å²) < 4.78 is 11.1. The molecule has 2 unspecified atom stereocenters. The summed E-state index contributed by atoms with van der Waals surface area (Å²) in [5.41, 5.74) is 0.0577. The number of epoxide rings is 1. The molecular formula is C23H32ClNO5. The molecule has 0 radical (unpaired) electrons. The maximum atomic E-state index is 12.3. The average molecular weight is 438 g/mol. The van der Waals surface area contributed by atoms with Gasteiger partial charge in [-0.2, -0.15) is 0 Å². The number of carbonyl (C=O) groups excluding carboxylic acids is 2. The molecule has 2 fully saturated rings. The minimum atomic E-state index is -1.19. The number of aliphatic hydroxyl groups excluding tert-OH is 1. The van der Waals surface area contributed by atoms with Crippen LogP contribution >= 0.6 is 11.6 Å². The number of rotatable bonds is 9. The van der Waals surface area contributed by atoms with Gasteiger partial charge in [-0.05, 0) is 25.3 Å². The second kappa shape index (κ2) is 9.77. The van der Waals surface area contributed by atoms with Crippen molar-refractivity contribution in [2.24, 2.45) is 5.92 Å². The maximum Gasteiger partial charge on any atom is 0.244 e. The van der Waals surface area contributed by atoms with Crippen LogP contribution in [0.2, 0.25) is 0 Å². The zero-order valence-corrected chi connectivity index (χ0v) is 18.7. The molecule has 30 heavy (non-hydrogen) atoms. The quantitative estimate of drug-likeness (QED) is 0.249. The van der Waals surface area contributed by atoms with Crippen molar-refractivity contribution in [2.75, 3.05) is 0 Å². The smallest absolute Gasteiger partial charge is 0.244 e. The van der Waals surface area contributed by atoms with Crippen LogP contribution in [0.4, 0.5) is 0 Å². The number of halogens is 1. The molecule has 1 amide bonds. The number of nitrogens with one attached hydrogen (secondary N) is 1. The molecule has 0 saturated carbocycles. The lowest BCUT2D eigenvalue weighted by molar-refractivity contribution is -0.137. The molecule has 6 atom stereocenters. The number of hydrogen-bond donors (Lipinski definition) is 2. The van der Waals surface area contributed by atoms with Crippen LogP contribution in [-0.2, 0) is 19.1 Å². The molecule has 2 N–H and O–H groups in total. The molecule has 166 valence electrons. The Hall–Kier alpha value is -1.47. The molecule has 6 nitrogen and oxygen atoms in total. The predicted octanol–water partition coefficient (Wildman–Crippen LogP) is 3.53. The molecule has 0 aromatic rings. The lowest BCUT2D eigenvalue weighted by Crippen LogP contribution is -2.41. The van der Waals surface area contributed by atoms with E-state index in [1.165, 1.54) is 37.8 Å². The van der Waals surface area contributed by atoms with Crippen LogP contribution in [0.5, 0.6) is 0 Å². The molecule has 3 aliphatic rings. The Morgan fingerprint density at radius 2 is 2.17 bits per heavy atom. The van der Waals surface area contributed by atoms with E-state index in [0.29, 0.717) is 12.3 Å². The Bertz CT molecular complexity index is 761. The van der Waals surface area contributed by atoms with Crippen molar-refractivity contribution in [1.29, 1.82) is 0 Å². The van der Waals surface area contributed by atoms with Gasteiger partial charge in [-0.15, -0.1) is 0 Å². The summed E-state index contributed by atoms with van der Waals surface area (Å²) in [6, 6.07) is -0.609. The highest BCUT2D eigenvalue weighted by Gasteiger charge is 2.65. The molecule has 0 aromatic heterocycles. The van der Waals surface area contributed by atoms with Gasteiger partial charge in [0.15, 0.2) is 12.4 Å². The number of ketones is 1. The minimum absolute atomic E-state index is 0.0531. The van der Waals surface area contributed by atoms with Crippen LogP contribution in [0.3, 0.4) is 0 Å².